The average molecular weight is 244 g/mol. The molecule has 0 aliphatic rings. The van der Waals surface area contributed by atoms with Crippen LogP contribution in [0.3, 0.4) is 0 Å². The van der Waals surface area contributed by atoms with E-state index in [2.05, 4.69) is 4.98 Å². The Kier molecular flexibility index (Phi) is 5.05. The lowest BCUT2D eigenvalue weighted by molar-refractivity contribution is -0.137. The van der Waals surface area contributed by atoms with E-state index >= 15 is 0 Å². The van der Waals surface area contributed by atoms with Gasteiger partial charge in [-0.3, -0.25) is 0 Å². The molecular formula is C11H14ClNO3. The van der Waals surface area contributed by atoms with Gasteiger partial charge in [0.2, 0.25) is 5.89 Å². The van der Waals surface area contributed by atoms with Crippen LogP contribution in [0.25, 0.3) is 6.08 Å². The van der Waals surface area contributed by atoms with Crippen molar-refractivity contribution in [3.8, 4) is 0 Å². The number of nitrogens with zero attached hydrogens (tertiary/aromatic N) is 1. The van der Waals surface area contributed by atoms with E-state index in [1.54, 1.807) is 6.92 Å². The van der Waals surface area contributed by atoms with E-state index < -0.39 is 5.97 Å². The highest BCUT2D eigenvalue weighted by atomic mass is 35.5. The van der Waals surface area contributed by atoms with Crippen LogP contribution in [0.2, 0.25) is 0 Å². The summed E-state index contributed by atoms with van der Waals surface area (Å²) in [7, 11) is 0. The molecule has 0 aromatic carbocycles. The Hall–Kier alpha value is -1.29. The predicted octanol–water partition coefficient (Wildman–Crippen LogP) is 2.55. The van der Waals surface area contributed by atoms with Crippen LogP contribution in [0.5, 0.6) is 0 Å². The number of aryl methyl sites for hydroxylation is 1. The monoisotopic (exact) mass is 243 g/mol. The number of carbonyl (C=O) groups is 1. The first-order chi connectivity index (χ1) is 7.71. The number of aromatic nitrogens is 1. The molecule has 1 aromatic heterocycles. The van der Waals surface area contributed by atoms with Crippen molar-refractivity contribution in [2.45, 2.75) is 26.1 Å². The van der Waals surface area contributed by atoms with Gasteiger partial charge in [-0.25, -0.2) is 9.78 Å². The molecule has 1 aromatic rings. The number of ether oxygens (including phenoxy) is 1. The normalized spacial score (nSPS) is 10.9. The van der Waals surface area contributed by atoms with Crippen LogP contribution in [0.4, 0.5) is 0 Å². The fourth-order valence-electron chi connectivity index (χ4n) is 1.18. The van der Waals surface area contributed by atoms with Gasteiger partial charge in [0.05, 0.1) is 18.2 Å². The maximum atomic E-state index is 11.0. The van der Waals surface area contributed by atoms with Crippen LogP contribution in [-0.4, -0.2) is 17.6 Å². The third-order valence-electron chi connectivity index (χ3n) is 1.89. The Balaban J connectivity index is 2.74. The van der Waals surface area contributed by atoms with Crippen LogP contribution < -0.4 is 0 Å². The third-order valence-corrected chi connectivity index (χ3v) is 2.14. The van der Waals surface area contributed by atoms with Gasteiger partial charge in [-0.05, 0) is 6.92 Å². The minimum Gasteiger partial charge on any atom is -0.463 e. The molecule has 0 N–H and O–H groups in total. The zero-order chi connectivity index (χ0) is 12.0. The van der Waals surface area contributed by atoms with Crippen molar-refractivity contribution in [3.05, 3.63) is 23.4 Å². The maximum absolute atomic E-state index is 11.0. The van der Waals surface area contributed by atoms with Crippen LogP contribution in [0.15, 0.2) is 10.5 Å². The molecule has 0 saturated carbocycles. The quantitative estimate of drug-likeness (QED) is 0.453. The Morgan fingerprint density at radius 2 is 2.31 bits per heavy atom. The molecular weight excluding hydrogens is 230 g/mol. The molecule has 0 radical (unpaired) electrons. The van der Waals surface area contributed by atoms with E-state index in [-0.39, 0.29) is 0 Å². The molecule has 0 saturated heterocycles. The zero-order valence-electron chi connectivity index (χ0n) is 9.33. The van der Waals surface area contributed by atoms with E-state index in [4.69, 9.17) is 20.8 Å². The number of hydrogen-bond acceptors (Lipinski definition) is 4. The molecule has 0 fully saturated rings. The summed E-state index contributed by atoms with van der Waals surface area (Å²) in [6.07, 6.45) is 3.49. The topological polar surface area (TPSA) is 52.3 Å². The van der Waals surface area contributed by atoms with Gasteiger partial charge in [0.1, 0.15) is 5.76 Å². The summed E-state index contributed by atoms with van der Waals surface area (Å²) in [5.74, 6) is 1.02. The van der Waals surface area contributed by atoms with Crippen molar-refractivity contribution < 1.29 is 13.9 Å². The number of carbonyl (C=O) groups excluding carboxylic acids is 1. The minimum atomic E-state index is -0.411. The smallest absolute Gasteiger partial charge is 0.330 e. The van der Waals surface area contributed by atoms with E-state index in [1.165, 1.54) is 12.2 Å². The van der Waals surface area contributed by atoms with Crippen molar-refractivity contribution >= 4 is 23.6 Å². The van der Waals surface area contributed by atoms with E-state index in [9.17, 15) is 4.79 Å². The highest BCUT2D eigenvalue weighted by Crippen LogP contribution is 2.15. The maximum Gasteiger partial charge on any atom is 0.330 e. The summed E-state index contributed by atoms with van der Waals surface area (Å²) in [5.41, 5.74) is 0.715. The molecule has 0 bridgehead atoms. The molecule has 0 atom stereocenters. The van der Waals surface area contributed by atoms with Crippen molar-refractivity contribution in [2.24, 2.45) is 0 Å². The lowest BCUT2D eigenvalue weighted by Crippen LogP contribution is -1.98. The Bertz CT molecular complexity index is 363. The fourth-order valence-corrected chi connectivity index (χ4v) is 1.39. The predicted molar refractivity (Wildman–Crippen MR) is 61.1 cm³/mol. The van der Waals surface area contributed by atoms with E-state index in [1.807, 2.05) is 6.92 Å². The molecule has 0 aliphatic heterocycles. The number of rotatable bonds is 5. The van der Waals surface area contributed by atoms with Gasteiger partial charge in [0, 0.05) is 18.6 Å². The lowest BCUT2D eigenvalue weighted by Gasteiger charge is -1.92. The van der Waals surface area contributed by atoms with Gasteiger partial charge >= 0.3 is 5.97 Å². The molecule has 88 valence electrons. The van der Waals surface area contributed by atoms with Crippen LogP contribution in [0, 0.1) is 0 Å². The lowest BCUT2D eigenvalue weighted by atomic mass is 10.3. The van der Waals surface area contributed by atoms with Gasteiger partial charge in [-0.15, -0.1) is 11.6 Å². The first kappa shape index (κ1) is 12.8. The first-order valence-electron chi connectivity index (χ1n) is 5.10. The Morgan fingerprint density at radius 1 is 1.56 bits per heavy atom. The van der Waals surface area contributed by atoms with Gasteiger partial charge in [-0.2, -0.15) is 0 Å². The van der Waals surface area contributed by atoms with E-state index in [0.717, 1.165) is 12.2 Å². The van der Waals surface area contributed by atoms with Gasteiger partial charge in [0.15, 0.2) is 0 Å². The number of alkyl halides is 1. The summed E-state index contributed by atoms with van der Waals surface area (Å²) in [6, 6.07) is 0. The van der Waals surface area contributed by atoms with Gasteiger partial charge in [0.25, 0.3) is 0 Å². The summed E-state index contributed by atoms with van der Waals surface area (Å²) in [6.45, 7) is 4.05. The van der Waals surface area contributed by atoms with Crippen molar-refractivity contribution in [3.63, 3.8) is 0 Å². The van der Waals surface area contributed by atoms with Crippen molar-refractivity contribution in [2.75, 3.05) is 6.61 Å². The Morgan fingerprint density at radius 3 is 2.81 bits per heavy atom. The number of oxazole rings is 1. The standard InChI is InChI=1S/C11H14ClNO3/c1-3-9-8(7-12)13-10(16-9)5-6-11(14)15-4-2/h5-6H,3-4,7H2,1-2H3/b6-5+. The highest BCUT2D eigenvalue weighted by molar-refractivity contribution is 6.16. The zero-order valence-corrected chi connectivity index (χ0v) is 10.1. The van der Waals surface area contributed by atoms with Crippen LogP contribution in [0.1, 0.15) is 31.2 Å². The van der Waals surface area contributed by atoms with Crippen LogP contribution >= 0.6 is 11.6 Å². The second-order valence-electron chi connectivity index (χ2n) is 2.99. The van der Waals surface area contributed by atoms with Crippen molar-refractivity contribution in [1.29, 1.82) is 0 Å². The molecule has 1 heterocycles. The Labute approximate surface area is 99.3 Å². The third kappa shape index (κ3) is 3.38. The number of halogens is 1. The van der Waals surface area contributed by atoms with Crippen LogP contribution in [-0.2, 0) is 21.8 Å². The summed E-state index contributed by atoms with van der Waals surface area (Å²) < 4.78 is 10.1. The second-order valence-corrected chi connectivity index (χ2v) is 3.26. The van der Waals surface area contributed by atoms with Gasteiger partial charge in [-0.1, -0.05) is 6.92 Å². The highest BCUT2D eigenvalue weighted by Gasteiger charge is 2.08. The molecule has 4 nitrogen and oxygen atoms in total. The van der Waals surface area contributed by atoms with E-state index in [0.29, 0.717) is 24.1 Å². The molecule has 16 heavy (non-hydrogen) atoms. The molecule has 0 aliphatic carbocycles. The summed E-state index contributed by atoms with van der Waals surface area (Å²) >= 11 is 5.70. The molecule has 1 rings (SSSR count). The molecule has 5 heteroatoms. The largest absolute Gasteiger partial charge is 0.463 e. The average Bonchev–Trinajstić information content (AvgIpc) is 2.69. The molecule has 0 spiro atoms. The fraction of sp³-hybridized carbons (Fsp3) is 0.455. The number of esters is 1. The minimum absolute atomic E-state index is 0.305. The SMILES string of the molecule is CCOC(=O)/C=C/c1nc(CCl)c(CC)o1. The summed E-state index contributed by atoms with van der Waals surface area (Å²) in [5, 5.41) is 0. The number of hydrogen-bond donors (Lipinski definition) is 0. The molecule has 0 amide bonds. The molecule has 0 unspecified atom stereocenters. The van der Waals surface area contributed by atoms with Gasteiger partial charge < -0.3 is 9.15 Å². The summed E-state index contributed by atoms with van der Waals surface area (Å²) in [4.78, 5) is 15.2. The second kappa shape index (κ2) is 6.33. The van der Waals surface area contributed by atoms with Crippen molar-refractivity contribution in [1.82, 2.24) is 4.98 Å². The first-order valence-corrected chi connectivity index (χ1v) is 5.64.